The van der Waals surface area contributed by atoms with Gasteiger partial charge in [-0.15, -0.1) is 0 Å². The molecule has 0 saturated carbocycles. The van der Waals surface area contributed by atoms with Crippen LogP contribution in [0.2, 0.25) is 0 Å². The summed E-state index contributed by atoms with van der Waals surface area (Å²) in [7, 11) is 0. The third kappa shape index (κ3) is 4.92. The Morgan fingerprint density at radius 2 is 1.27 bits per heavy atom. The summed E-state index contributed by atoms with van der Waals surface area (Å²) in [5.74, 6) is 0.315. The lowest BCUT2D eigenvalue weighted by atomic mass is 9.65. The molecule has 4 heteroatoms. The number of unbranched alkanes of at least 4 members (excludes halogenated alkanes) is 1. The van der Waals surface area contributed by atoms with Gasteiger partial charge in [-0.3, -0.25) is 0 Å². The average molecular weight is 318 g/mol. The molecule has 4 nitrogen and oxygen atoms in total. The maximum Gasteiger partial charge on any atom is 0.0883 e. The first kappa shape index (κ1) is 21.8. The Morgan fingerprint density at radius 1 is 0.818 bits per heavy atom. The third-order valence-corrected chi connectivity index (χ3v) is 5.43. The fourth-order valence-corrected chi connectivity index (χ4v) is 3.57. The van der Waals surface area contributed by atoms with Crippen LogP contribution in [-0.4, -0.2) is 45.8 Å². The van der Waals surface area contributed by atoms with Gasteiger partial charge in [-0.2, -0.15) is 0 Å². The molecule has 0 heterocycles. The van der Waals surface area contributed by atoms with E-state index in [0.717, 1.165) is 12.8 Å². The van der Waals surface area contributed by atoms with Crippen LogP contribution in [0.15, 0.2) is 0 Å². The van der Waals surface area contributed by atoms with E-state index in [4.69, 9.17) is 0 Å². The van der Waals surface area contributed by atoms with Crippen molar-refractivity contribution in [1.82, 2.24) is 0 Å². The average Bonchev–Trinajstić information content (AvgIpc) is 2.53. The molecular formula is C18H38O4. The van der Waals surface area contributed by atoms with Crippen LogP contribution in [0, 0.1) is 16.7 Å². The Kier molecular flexibility index (Phi) is 9.79. The maximum atomic E-state index is 10.9. The van der Waals surface area contributed by atoms with E-state index in [2.05, 4.69) is 20.8 Å². The molecule has 0 rings (SSSR count). The molecule has 0 saturated heterocycles. The number of hydrogen-bond donors (Lipinski definition) is 4. The molecule has 0 aromatic carbocycles. The van der Waals surface area contributed by atoms with Gasteiger partial charge in [0.2, 0.25) is 0 Å². The van der Waals surface area contributed by atoms with Crippen LogP contribution in [0.25, 0.3) is 0 Å². The lowest BCUT2D eigenvalue weighted by Gasteiger charge is -2.46. The van der Waals surface area contributed by atoms with E-state index in [1.165, 1.54) is 0 Å². The number of rotatable bonds is 12. The van der Waals surface area contributed by atoms with Gasteiger partial charge < -0.3 is 20.4 Å². The van der Waals surface area contributed by atoms with Gasteiger partial charge in [-0.05, 0) is 31.6 Å². The van der Waals surface area contributed by atoms with Crippen molar-refractivity contribution in [2.45, 2.75) is 85.4 Å². The molecule has 4 unspecified atom stereocenters. The van der Waals surface area contributed by atoms with Crippen LogP contribution < -0.4 is 0 Å². The molecule has 0 aliphatic heterocycles. The maximum absolute atomic E-state index is 10.9. The van der Waals surface area contributed by atoms with E-state index in [1.54, 1.807) is 0 Å². The van der Waals surface area contributed by atoms with Crippen molar-refractivity contribution in [3.63, 3.8) is 0 Å². The smallest absolute Gasteiger partial charge is 0.0883 e. The largest absolute Gasteiger partial charge is 0.396 e. The first-order chi connectivity index (χ1) is 10.3. The SMILES string of the molecule is CCCCC(CC)(CO)C(O)C(O)C(CC)(CO)CC(C)C. The van der Waals surface area contributed by atoms with Gasteiger partial charge >= 0.3 is 0 Å². The van der Waals surface area contributed by atoms with Crippen LogP contribution >= 0.6 is 0 Å². The summed E-state index contributed by atoms with van der Waals surface area (Å²) in [6.07, 6.45) is 2.36. The van der Waals surface area contributed by atoms with Crippen LogP contribution in [0.5, 0.6) is 0 Å². The van der Waals surface area contributed by atoms with Crippen molar-refractivity contribution in [2.75, 3.05) is 13.2 Å². The highest BCUT2D eigenvalue weighted by atomic mass is 16.3. The van der Waals surface area contributed by atoms with Gasteiger partial charge in [-0.1, -0.05) is 47.5 Å². The van der Waals surface area contributed by atoms with Crippen LogP contribution in [0.3, 0.4) is 0 Å². The van der Waals surface area contributed by atoms with Gasteiger partial charge in [0, 0.05) is 10.8 Å². The second-order valence-electron chi connectivity index (χ2n) is 7.34. The summed E-state index contributed by atoms with van der Waals surface area (Å²) >= 11 is 0. The second kappa shape index (κ2) is 9.86. The zero-order chi connectivity index (χ0) is 17.4. The van der Waals surface area contributed by atoms with Gasteiger partial charge in [0.1, 0.15) is 0 Å². The highest BCUT2D eigenvalue weighted by Crippen LogP contribution is 2.42. The standard InChI is InChI=1S/C18H38O4/c1-6-9-10-17(7-2,12-19)15(21)16(22)18(8-3,13-20)11-14(4)5/h14-16,19-22H,6-13H2,1-5H3. The predicted octanol–water partition coefficient (Wildman–Crippen LogP) is 2.72. The molecule has 0 amide bonds. The summed E-state index contributed by atoms with van der Waals surface area (Å²) in [5.41, 5.74) is -1.41. The first-order valence-electron chi connectivity index (χ1n) is 8.87. The second-order valence-corrected chi connectivity index (χ2v) is 7.34. The quantitative estimate of drug-likeness (QED) is 0.446. The molecule has 0 aromatic rings. The molecule has 0 radical (unpaired) electrons. The van der Waals surface area contributed by atoms with Gasteiger partial charge in [-0.25, -0.2) is 0 Å². The predicted molar refractivity (Wildman–Crippen MR) is 90.6 cm³/mol. The van der Waals surface area contributed by atoms with Gasteiger partial charge in [0.05, 0.1) is 25.4 Å². The van der Waals surface area contributed by atoms with E-state index in [0.29, 0.717) is 31.6 Å². The monoisotopic (exact) mass is 318 g/mol. The fourth-order valence-electron chi connectivity index (χ4n) is 3.57. The van der Waals surface area contributed by atoms with E-state index >= 15 is 0 Å². The van der Waals surface area contributed by atoms with Crippen LogP contribution in [0.1, 0.15) is 73.1 Å². The highest BCUT2D eigenvalue weighted by molar-refractivity contribution is 4.97. The number of hydrogen-bond acceptors (Lipinski definition) is 4. The zero-order valence-corrected chi connectivity index (χ0v) is 15.2. The molecule has 22 heavy (non-hydrogen) atoms. The number of aliphatic hydroxyl groups is 4. The third-order valence-electron chi connectivity index (χ3n) is 5.43. The minimum Gasteiger partial charge on any atom is -0.396 e. The Morgan fingerprint density at radius 3 is 1.59 bits per heavy atom. The van der Waals surface area contributed by atoms with Crippen molar-refractivity contribution >= 4 is 0 Å². The summed E-state index contributed by atoms with van der Waals surface area (Å²) in [6.45, 7) is 9.76. The van der Waals surface area contributed by atoms with Crippen molar-refractivity contribution < 1.29 is 20.4 Å². The molecule has 0 aromatic heterocycles. The van der Waals surface area contributed by atoms with Crippen molar-refractivity contribution in [2.24, 2.45) is 16.7 Å². The van der Waals surface area contributed by atoms with Gasteiger partial charge in [0.15, 0.2) is 0 Å². The lowest BCUT2D eigenvalue weighted by Crippen LogP contribution is -2.54. The molecule has 0 spiro atoms. The normalized spacial score (nSPS) is 20.5. The molecule has 4 atom stereocenters. The molecule has 134 valence electrons. The van der Waals surface area contributed by atoms with Crippen molar-refractivity contribution in [3.05, 3.63) is 0 Å². The van der Waals surface area contributed by atoms with E-state index < -0.39 is 23.0 Å². The molecule has 0 fully saturated rings. The first-order valence-corrected chi connectivity index (χ1v) is 8.87. The van der Waals surface area contributed by atoms with E-state index in [9.17, 15) is 20.4 Å². The Hall–Kier alpha value is -0.160. The fraction of sp³-hybridized carbons (Fsp3) is 1.00. The molecule has 0 aliphatic carbocycles. The van der Waals surface area contributed by atoms with E-state index in [-0.39, 0.29) is 13.2 Å². The van der Waals surface area contributed by atoms with E-state index in [1.807, 2.05) is 13.8 Å². The summed E-state index contributed by atoms with van der Waals surface area (Å²) < 4.78 is 0. The zero-order valence-electron chi connectivity index (χ0n) is 15.2. The Balaban J connectivity index is 5.44. The van der Waals surface area contributed by atoms with Crippen LogP contribution in [0.4, 0.5) is 0 Å². The summed E-state index contributed by atoms with van der Waals surface area (Å²) in [5, 5.41) is 41.5. The Labute approximate surface area is 136 Å². The minimum atomic E-state index is -1.03. The lowest BCUT2D eigenvalue weighted by molar-refractivity contribution is -0.154. The van der Waals surface area contributed by atoms with Crippen molar-refractivity contribution in [1.29, 1.82) is 0 Å². The van der Waals surface area contributed by atoms with Gasteiger partial charge in [0.25, 0.3) is 0 Å². The summed E-state index contributed by atoms with van der Waals surface area (Å²) in [4.78, 5) is 0. The Bertz CT molecular complexity index is 283. The summed E-state index contributed by atoms with van der Waals surface area (Å²) in [6, 6.07) is 0. The highest BCUT2D eigenvalue weighted by Gasteiger charge is 2.47. The molecule has 0 bridgehead atoms. The van der Waals surface area contributed by atoms with Crippen LogP contribution in [-0.2, 0) is 0 Å². The minimum absolute atomic E-state index is 0.144. The molecule has 0 aliphatic rings. The molecular weight excluding hydrogens is 280 g/mol. The number of aliphatic hydroxyl groups excluding tert-OH is 4. The topological polar surface area (TPSA) is 80.9 Å². The molecule has 4 N–H and O–H groups in total. The van der Waals surface area contributed by atoms with Crippen molar-refractivity contribution in [3.8, 4) is 0 Å².